The summed E-state index contributed by atoms with van der Waals surface area (Å²) in [6.07, 6.45) is -0.674. The molecule has 0 aromatic heterocycles. The highest BCUT2D eigenvalue weighted by Crippen LogP contribution is 2.41. The minimum absolute atomic E-state index is 0.0578. The number of amides is 2. The van der Waals surface area contributed by atoms with Crippen LogP contribution in [0.2, 0.25) is 0 Å². The van der Waals surface area contributed by atoms with Crippen molar-refractivity contribution in [3.05, 3.63) is 83.2 Å². The van der Waals surface area contributed by atoms with Crippen molar-refractivity contribution in [1.29, 1.82) is 5.26 Å². The molecule has 2 aliphatic heterocycles. The van der Waals surface area contributed by atoms with Gasteiger partial charge >= 0.3 is 5.97 Å². The van der Waals surface area contributed by atoms with E-state index >= 15 is 0 Å². The Kier molecular flexibility index (Phi) is 8.00. The molecule has 0 saturated carbocycles. The van der Waals surface area contributed by atoms with Gasteiger partial charge < -0.3 is 14.8 Å². The first-order chi connectivity index (χ1) is 17.0. The molecule has 2 heterocycles. The lowest BCUT2D eigenvalue weighted by atomic mass is 10.0. The van der Waals surface area contributed by atoms with E-state index in [-0.39, 0.29) is 23.1 Å². The maximum Gasteiger partial charge on any atom is 0.359 e. The molecule has 2 atom stereocenters. The van der Waals surface area contributed by atoms with Crippen LogP contribution in [-0.4, -0.2) is 58.5 Å². The summed E-state index contributed by atoms with van der Waals surface area (Å²) in [5.41, 5.74) is 1.65. The second kappa shape index (κ2) is 11.3. The maximum atomic E-state index is 13.5. The Labute approximate surface area is 211 Å². The first kappa shape index (κ1) is 24.7. The molecule has 2 aromatic rings. The molecule has 8 nitrogen and oxygen atoms in total. The molecular weight excluding hydrogens is 486 g/mol. The standard InChI is InChI=1S/C25H23N3O5S2/c1-32-18-14-35-24-20(27-19(29)15-34-13-12-26)23(30)28(24)21(18)25(31)33-22(16-8-4-2-5-9-16)17-10-6-3-7-11-17/h2-11,20,22,24H,13-15H2,1H3,(H,27,29)/t20?,24-/m1/s1. The zero-order chi connectivity index (χ0) is 24.8. The van der Waals surface area contributed by atoms with Crippen LogP contribution in [-0.2, 0) is 23.9 Å². The number of hydrogen-bond donors (Lipinski definition) is 1. The van der Waals surface area contributed by atoms with Crippen molar-refractivity contribution in [3.63, 3.8) is 0 Å². The van der Waals surface area contributed by atoms with Gasteiger partial charge in [0.1, 0.15) is 17.2 Å². The van der Waals surface area contributed by atoms with E-state index in [1.165, 1.54) is 35.5 Å². The second-order valence-electron chi connectivity index (χ2n) is 7.69. The Morgan fingerprint density at radius 1 is 1.17 bits per heavy atom. The zero-order valence-electron chi connectivity index (χ0n) is 18.9. The number of nitrogens with one attached hydrogen (secondary N) is 1. The maximum absolute atomic E-state index is 13.5. The van der Waals surface area contributed by atoms with Crippen LogP contribution in [0.4, 0.5) is 0 Å². The lowest BCUT2D eigenvalue weighted by molar-refractivity contribution is -0.155. The molecule has 0 bridgehead atoms. The second-order valence-corrected chi connectivity index (χ2v) is 9.78. The Morgan fingerprint density at radius 2 is 1.80 bits per heavy atom. The van der Waals surface area contributed by atoms with Crippen LogP contribution in [0.25, 0.3) is 0 Å². The van der Waals surface area contributed by atoms with Gasteiger partial charge in [0.15, 0.2) is 11.8 Å². The highest BCUT2D eigenvalue weighted by atomic mass is 32.2. The number of hydrogen-bond acceptors (Lipinski definition) is 8. The summed E-state index contributed by atoms with van der Waals surface area (Å²) >= 11 is 2.57. The summed E-state index contributed by atoms with van der Waals surface area (Å²) in [7, 11) is 1.45. The van der Waals surface area contributed by atoms with Crippen LogP contribution in [0.15, 0.2) is 72.1 Å². The van der Waals surface area contributed by atoms with E-state index in [1.54, 1.807) is 0 Å². The lowest BCUT2D eigenvalue weighted by Crippen LogP contribution is -2.70. The van der Waals surface area contributed by atoms with E-state index in [1.807, 2.05) is 66.7 Å². The van der Waals surface area contributed by atoms with Crippen molar-refractivity contribution in [2.75, 3.05) is 24.4 Å². The topological polar surface area (TPSA) is 109 Å². The first-order valence-electron chi connectivity index (χ1n) is 10.8. The van der Waals surface area contributed by atoms with Crippen molar-refractivity contribution in [1.82, 2.24) is 10.2 Å². The molecule has 35 heavy (non-hydrogen) atoms. The number of β-lactam (4-membered cyclic amide) rings is 1. The van der Waals surface area contributed by atoms with Gasteiger partial charge in [0, 0.05) is 0 Å². The van der Waals surface area contributed by atoms with Gasteiger partial charge in [-0.2, -0.15) is 5.26 Å². The molecule has 1 unspecified atom stereocenters. The third-order valence-electron chi connectivity index (χ3n) is 5.52. The van der Waals surface area contributed by atoms with Gasteiger partial charge in [0.25, 0.3) is 5.91 Å². The molecule has 1 saturated heterocycles. The molecule has 180 valence electrons. The summed E-state index contributed by atoms with van der Waals surface area (Å²) in [4.78, 5) is 40.0. The van der Waals surface area contributed by atoms with Gasteiger partial charge in [-0.3, -0.25) is 14.5 Å². The van der Waals surface area contributed by atoms with Gasteiger partial charge in [-0.25, -0.2) is 4.79 Å². The monoisotopic (exact) mass is 509 g/mol. The first-order valence-corrected chi connectivity index (χ1v) is 13.0. The molecular formula is C25H23N3O5S2. The number of thioether (sulfide) groups is 2. The fraction of sp³-hybridized carbons (Fsp3) is 0.280. The fourth-order valence-electron chi connectivity index (χ4n) is 3.89. The molecule has 1 N–H and O–H groups in total. The summed E-state index contributed by atoms with van der Waals surface area (Å²) in [5, 5.41) is 10.9. The van der Waals surface area contributed by atoms with E-state index in [0.29, 0.717) is 11.5 Å². The molecule has 2 aliphatic rings. The number of ether oxygens (including phenoxy) is 2. The van der Waals surface area contributed by atoms with Gasteiger partial charge in [-0.1, -0.05) is 60.7 Å². The molecule has 10 heteroatoms. The minimum atomic E-state index is -0.754. The number of carbonyl (C=O) groups excluding carboxylic acids is 3. The van der Waals surface area contributed by atoms with Crippen LogP contribution in [0.5, 0.6) is 0 Å². The Hall–Kier alpha value is -3.42. The third kappa shape index (κ3) is 5.31. The quantitative estimate of drug-likeness (QED) is 0.312. The molecule has 1 fully saturated rings. The number of methoxy groups -OCH3 is 1. The molecule has 2 aromatic carbocycles. The third-order valence-corrected chi connectivity index (χ3v) is 7.57. The number of carbonyl (C=O) groups is 3. The number of nitrogens with zero attached hydrogens (tertiary/aromatic N) is 2. The average Bonchev–Trinajstić information content (AvgIpc) is 2.90. The highest BCUT2D eigenvalue weighted by Gasteiger charge is 2.55. The zero-order valence-corrected chi connectivity index (χ0v) is 20.5. The van der Waals surface area contributed by atoms with E-state index < -0.39 is 29.4 Å². The Balaban J connectivity index is 1.54. The predicted molar refractivity (Wildman–Crippen MR) is 133 cm³/mol. The molecule has 4 rings (SSSR count). The lowest BCUT2D eigenvalue weighted by Gasteiger charge is -2.49. The molecule has 0 spiro atoms. The van der Waals surface area contributed by atoms with Crippen molar-refractivity contribution in [2.45, 2.75) is 17.5 Å². The Morgan fingerprint density at radius 3 is 2.37 bits per heavy atom. The van der Waals surface area contributed by atoms with E-state index in [0.717, 1.165) is 11.1 Å². The minimum Gasteiger partial charge on any atom is -0.498 e. The predicted octanol–water partition coefficient (Wildman–Crippen LogP) is 2.83. The van der Waals surface area contributed by atoms with Crippen molar-refractivity contribution in [3.8, 4) is 6.07 Å². The van der Waals surface area contributed by atoms with Crippen LogP contribution in [0.1, 0.15) is 17.2 Å². The normalized spacial score (nSPS) is 18.9. The number of nitriles is 1. The van der Waals surface area contributed by atoms with Crippen LogP contribution in [0.3, 0.4) is 0 Å². The van der Waals surface area contributed by atoms with Crippen LogP contribution < -0.4 is 5.32 Å². The SMILES string of the molecule is COC1=C(C(=O)OC(c2ccccc2)c2ccccc2)N2C(=O)C(NC(=O)CSCC#N)[C@H]2SC1. The number of benzene rings is 2. The number of esters is 1. The average molecular weight is 510 g/mol. The van der Waals surface area contributed by atoms with Gasteiger partial charge in [-0.05, 0) is 11.1 Å². The number of rotatable bonds is 9. The van der Waals surface area contributed by atoms with E-state index in [9.17, 15) is 14.4 Å². The largest absolute Gasteiger partial charge is 0.498 e. The molecule has 0 aliphatic carbocycles. The van der Waals surface area contributed by atoms with Gasteiger partial charge in [0.2, 0.25) is 5.91 Å². The van der Waals surface area contributed by atoms with E-state index in [2.05, 4.69) is 5.32 Å². The Bertz CT molecular complexity index is 1130. The van der Waals surface area contributed by atoms with Crippen molar-refractivity contribution >= 4 is 41.3 Å². The van der Waals surface area contributed by atoms with Crippen molar-refractivity contribution < 1.29 is 23.9 Å². The van der Waals surface area contributed by atoms with Gasteiger partial charge in [-0.15, -0.1) is 23.5 Å². The highest BCUT2D eigenvalue weighted by molar-refractivity contribution is 8.00. The summed E-state index contributed by atoms with van der Waals surface area (Å²) in [5.74, 6) is -0.436. The summed E-state index contributed by atoms with van der Waals surface area (Å²) in [6.45, 7) is 0. The van der Waals surface area contributed by atoms with Gasteiger partial charge in [0.05, 0.1) is 30.4 Å². The summed E-state index contributed by atoms with van der Waals surface area (Å²) < 4.78 is 11.4. The molecule has 2 amide bonds. The smallest absolute Gasteiger partial charge is 0.359 e. The van der Waals surface area contributed by atoms with Crippen LogP contribution in [0, 0.1) is 11.3 Å². The van der Waals surface area contributed by atoms with Crippen molar-refractivity contribution in [2.24, 2.45) is 0 Å². The summed E-state index contributed by atoms with van der Waals surface area (Å²) in [6, 6.07) is 19.9. The van der Waals surface area contributed by atoms with Crippen LogP contribution >= 0.6 is 23.5 Å². The number of fused-ring (bicyclic) bond motifs is 1. The molecule has 0 radical (unpaired) electrons. The fourth-order valence-corrected chi connectivity index (χ4v) is 5.66. The van der Waals surface area contributed by atoms with E-state index in [4.69, 9.17) is 14.7 Å².